The van der Waals surface area contributed by atoms with Crippen molar-refractivity contribution in [3.63, 3.8) is 0 Å². The highest BCUT2D eigenvalue weighted by Crippen LogP contribution is 2.16. The molecule has 0 bridgehead atoms. The molecule has 2 heterocycles. The zero-order valence-electron chi connectivity index (χ0n) is 11.4. The second-order valence-corrected chi connectivity index (χ2v) is 4.56. The van der Waals surface area contributed by atoms with Crippen molar-refractivity contribution >= 4 is 5.97 Å². The van der Waals surface area contributed by atoms with Crippen molar-refractivity contribution in [3.8, 4) is 0 Å². The van der Waals surface area contributed by atoms with Gasteiger partial charge in [0, 0.05) is 12.8 Å². The van der Waals surface area contributed by atoms with Gasteiger partial charge in [-0.1, -0.05) is 0 Å². The van der Waals surface area contributed by atoms with Gasteiger partial charge in [0.2, 0.25) is 0 Å². The molecule has 1 fully saturated rings. The van der Waals surface area contributed by atoms with Gasteiger partial charge >= 0.3 is 5.97 Å². The van der Waals surface area contributed by atoms with E-state index < -0.39 is 11.8 Å². The first-order valence-electron chi connectivity index (χ1n) is 6.66. The van der Waals surface area contributed by atoms with Crippen LogP contribution in [0.4, 0.5) is 4.39 Å². The summed E-state index contributed by atoms with van der Waals surface area (Å²) in [7, 11) is 1.22. The van der Waals surface area contributed by atoms with Crippen LogP contribution in [0.1, 0.15) is 35.2 Å². The van der Waals surface area contributed by atoms with E-state index in [4.69, 9.17) is 9.47 Å². The van der Waals surface area contributed by atoms with E-state index >= 15 is 0 Å². The van der Waals surface area contributed by atoms with Crippen molar-refractivity contribution in [2.45, 2.75) is 32.0 Å². The van der Waals surface area contributed by atoms with Crippen LogP contribution in [0.2, 0.25) is 0 Å². The second kappa shape index (κ2) is 7.31. The van der Waals surface area contributed by atoms with Crippen LogP contribution in [-0.4, -0.2) is 37.6 Å². The number of hydrogen-bond acceptors (Lipinski definition) is 5. The van der Waals surface area contributed by atoms with Gasteiger partial charge in [0.25, 0.3) is 0 Å². The second-order valence-electron chi connectivity index (χ2n) is 4.56. The van der Waals surface area contributed by atoms with Gasteiger partial charge in [-0.15, -0.1) is 0 Å². The lowest BCUT2D eigenvalue weighted by Crippen LogP contribution is -2.23. The maximum atomic E-state index is 13.6. The summed E-state index contributed by atoms with van der Waals surface area (Å²) in [4.78, 5) is 15.3. The molecule has 6 heteroatoms. The van der Waals surface area contributed by atoms with E-state index in [1.807, 2.05) is 0 Å². The van der Waals surface area contributed by atoms with Gasteiger partial charge in [0.05, 0.1) is 19.9 Å². The number of carbonyl (C=O) groups is 1. The summed E-state index contributed by atoms with van der Waals surface area (Å²) < 4.78 is 29.2. The molecule has 1 aromatic rings. The van der Waals surface area contributed by atoms with Crippen LogP contribution in [0, 0.1) is 5.82 Å². The van der Waals surface area contributed by atoms with Gasteiger partial charge < -0.3 is 14.2 Å². The summed E-state index contributed by atoms with van der Waals surface area (Å²) in [5.74, 6) is -1.38. The summed E-state index contributed by atoms with van der Waals surface area (Å²) >= 11 is 0. The third-order valence-corrected chi connectivity index (χ3v) is 3.18. The average molecular weight is 283 g/mol. The number of methoxy groups -OCH3 is 1. The topological polar surface area (TPSA) is 57.7 Å². The fraction of sp³-hybridized carbons (Fsp3) is 0.571. The molecule has 0 spiro atoms. The number of aromatic nitrogens is 1. The minimum absolute atomic E-state index is 0.0735. The lowest BCUT2D eigenvalue weighted by atomic mass is 10.1. The molecule has 1 saturated heterocycles. The summed E-state index contributed by atoms with van der Waals surface area (Å²) in [5, 5.41) is 0. The summed E-state index contributed by atoms with van der Waals surface area (Å²) in [6.45, 7) is 1.05. The molecule has 1 aliphatic heterocycles. The normalized spacial score (nSPS) is 18.8. The lowest BCUT2D eigenvalue weighted by Gasteiger charge is -2.22. The van der Waals surface area contributed by atoms with Gasteiger partial charge in [0.1, 0.15) is 5.56 Å². The van der Waals surface area contributed by atoms with E-state index in [1.165, 1.54) is 13.3 Å². The standard InChI is InChI=1S/C14H18FNO4/c1-18-14(17)13-10(8-16-9-11(13)15)5-7-20-12-4-2-3-6-19-12/h8-9,12H,2-7H2,1H3. The minimum atomic E-state index is -0.700. The fourth-order valence-corrected chi connectivity index (χ4v) is 2.14. The van der Waals surface area contributed by atoms with Crippen LogP contribution in [0.5, 0.6) is 0 Å². The zero-order valence-corrected chi connectivity index (χ0v) is 11.4. The zero-order chi connectivity index (χ0) is 14.4. The lowest BCUT2D eigenvalue weighted by molar-refractivity contribution is -0.161. The summed E-state index contributed by atoms with van der Waals surface area (Å²) in [6.07, 6.45) is 5.65. The molecule has 110 valence electrons. The van der Waals surface area contributed by atoms with E-state index in [1.54, 1.807) is 0 Å². The van der Waals surface area contributed by atoms with E-state index in [-0.39, 0.29) is 11.9 Å². The quantitative estimate of drug-likeness (QED) is 0.774. The third kappa shape index (κ3) is 3.74. The van der Waals surface area contributed by atoms with Gasteiger partial charge in [-0.3, -0.25) is 4.98 Å². The Balaban J connectivity index is 1.95. The molecule has 20 heavy (non-hydrogen) atoms. The van der Waals surface area contributed by atoms with Crippen molar-refractivity contribution in [1.29, 1.82) is 0 Å². The maximum Gasteiger partial charge on any atom is 0.341 e. The molecule has 5 nitrogen and oxygen atoms in total. The Bertz CT molecular complexity index is 460. The monoisotopic (exact) mass is 283 g/mol. The molecular weight excluding hydrogens is 265 g/mol. The first kappa shape index (κ1) is 14.9. The minimum Gasteiger partial charge on any atom is -0.465 e. The number of nitrogens with zero attached hydrogens (tertiary/aromatic N) is 1. The summed E-state index contributed by atoms with van der Waals surface area (Å²) in [6, 6.07) is 0. The van der Waals surface area contributed by atoms with Crippen LogP contribution in [0.25, 0.3) is 0 Å². The molecule has 0 aromatic carbocycles. The molecule has 0 N–H and O–H groups in total. The Morgan fingerprint density at radius 3 is 3.05 bits per heavy atom. The Hall–Kier alpha value is -1.53. The molecule has 1 atom stereocenters. The molecule has 1 aliphatic rings. The van der Waals surface area contributed by atoms with Crippen LogP contribution in [0.3, 0.4) is 0 Å². The van der Waals surface area contributed by atoms with Crippen molar-refractivity contribution in [2.75, 3.05) is 20.3 Å². The predicted molar refractivity (Wildman–Crippen MR) is 68.8 cm³/mol. The molecule has 2 rings (SSSR count). The number of hydrogen-bond donors (Lipinski definition) is 0. The highest BCUT2D eigenvalue weighted by molar-refractivity contribution is 5.91. The maximum absolute atomic E-state index is 13.6. The molecule has 0 radical (unpaired) electrons. The van der Waals surface area contributed by atoms with Crippen molar-refractivity contribution in [3.05, 3.63) is 29.3 Å². The Kier molecular flexibility index (Phi) is 5.43. The van der Waals surface area contributed by atoms with E-state index in [9.17, 15) is 9.18 Å². The number of ether oxygens (including phenoxy) is 3. The number of esters is 1. The molecule has 1 aromatic heterocycles. The van der Waals surface area contributed by atoms with Gasteiger partial charge in [-0.25, -0.2) is 9.18 Å². The summed E-state index contributed by atoms with van der Waals surface area (Å²) in [5.41, 5.74) is 0.406. The molecule has 0 saturated carbocycles. The van der Waals surface area contributed by atoms with Crippen LogP contribution in [0.15, 0.2) is 12.4 Å². The Morgan fingerprint density at radius 1 is 1.50 bits per heavy atom. The number of carbonyl (C=O) groups excluding carboxylic acids is 1. The Morgan fingerprint density at radius 2 is 2.35 bits per heavy atom. The van der Waals surface area contributed by atoms with E-state index in [0.29, 0.717) is 25.2 Å². The van der Waals surface area contributed by atoms with Crippen molar-refractivity contribution in [2.24, 2.45) is 0 Å². The SMILES string of the molecule is COC(=O)c1c(F)cncc1CCOC1CCCCO1. The average Bonchev–Trinajstić information content (AvgIpc) is 2.48. The van der Waals surface area contributed by atoms with Crippen molar-refractivity contribution < 1.29 is 23.4 Å². The number of rotatable bonds is 5. The van der Waals surface area contributed by atoms with Gasteiger partial charge in [-0.2, -0.15) is 0 Å². The van der Waals surface area contributed by atoms with Crippen LogP contribution >= 0.6 is 0 Å². The first-order chi connectivity index (χ1) is 9.72. The molecule has 0 aliphatic carbocycles. The highest BCUT2D eigenvalue weighted by atomic mass is 19.1. The molecule has 0 amide bonds. The predicted octanol–water partition coefficient (Wildman–Crippen LogP) is 2.09. The molecule has 1 unspecified atom stereocenters. The van der Waals surface area contributed by atoms with Crippen LogP contribution in [-0.2, 0) is 20.6 Å². The smallest absolute Gasteiger partial charge is 0.341 e. The van der Waals surface area contributed by atoms with E-state index in [2.05, 4.69) is 9.72 Å². The number of halogens is 1. The first-order valence-corrected chi connectivity index (χ1v) is 6.66. The van der Waals surface area contributed by atoms with Gasteiger partial charge in [-0.05, 0) is 31.2 Å². The third-order valence-electron chi connectivity index (χ3n) is 3.18. The Labute approximate surface area is 117 Å². The fourth-order valence-electron chi connectivity index (χ4n) is 2.14. The van der Waals surface area contributed by atoms with Crippen molar-refractivity contribution in [1.82, 2.24) is 4.98 Å². The number of pyridine rings is 1. The highest BCUT2D eigenvalue weighted by Gasteiger charge is 2.19. The largest absolute Gasteiger partial charge is 0.465 e. The van der Waals surface area contributed by atoms with Gasteiger partial charge in [0.15, 0.2) is 12.1 Å². The molecular formula is C14H18FNO4. The van der Waals surface area contributed by atoms with E-state index in [0.717, 1.165) is 25.5 Å². The van der Waals surface area contributed by atoms with Crippen LogP contribution < -0.4 is 0 Å².